The Morgan fingerprint density at radius 2 is 1.61 bits per heavy atom. The molecule has 2 aromatic carbocycles. The molecule has 0 radical (unpaired) electrons. The number of ether oxygens (including phenoxy) is 1. The number of para-hydroxylation sites is 1. The highest BCUT2D eigenvalue weighted by atomic mass is 35.5. The number of aliphatic hydroxyl groups excluding tert-OH is 2. The third kappa shape index (κ3) is 3.45. The summed E-state index contributed by atoms with van der Waals surface area (Å²) in [5.74, 6) is 1.47. The van der Waals surface area contributed by atoms with Crippen LogP contribution in [0.2, 0.25) is 5.15 Å². The van der Waals surface area contributed by atoms with Gasteiger partial charge in [-0.3, -0.25) is 0 Å². The lowest BCUT2D eigenvalue weighted by atomic mass is 10.1. The Kier molecular flexibility index (Phi) is 5.25. The predicted octanol–water partition coefficient (Wildman–Crippen LogP) is 4.07. The van der Waals surface area contributed by atoms with Gasteiger partial charge in [0.15, 0.2) is 0 Å². The minimum absolute atomic E-state index is 0.217. The maximum atomic E-state index is 9.59. The fourth-order valence-corrected chi connectivity index (χ4v) is 3.34. The standard InChI is InChI=1S/C21H18ClN3O3/c22-20-19-18(10-25(15(11-26)12-27)21(19)24-13-23-20)14-6-8-17(9-7-14)28-16-4-2-1-3-5-16/h1-10,13,15,26-27H,11-12H2. The highest BCUT2D eigenvalue weighted by Crippen LogP contribution is 2.36. The van der Waals surface area contributed by atoms with Crippen LogP contribution in [0.15, 0.2) is 67.1 Å². The number of fused-ring (bicyclic) bond motifs is 1. The van der Waals surface area contributed by atoms with Gasteiger partial charge in [-0.05, 0) is 29.8 Å². The monoisotopic (exact) mass is 395 g/mol. The summed E-state index contributed by atoms with van der Waals surface area (Å²) in [6.45, 7) is -0.434. The molecule has 6 nitrogen and oxygen atoms in total. The summed E-state index contributed by atoms with van der Waals surface area (Å²) >= 11 is 6.34. The second-order valence-corrected chi connectivity index (χ2v) is 6.63. The van der Waals surface area contributed by atoms with E-state index in [2.05, 4.69) is 9.97 Å². The van der Waals surface area contributed by atoms with Crippen LogP contribution >= 0.6 is 11.6 Å². The summed E-state index contributed by atoms with van der Waals surface area (Å²) in [7, 11) is 0. The molecule has 0 amide bonds. The molecule has 2 N–H and O–H groups in total. The van der Waals surface area contributed by atoms with Crippen LogP contribution in [0.4, 0.5) is 0 Å². The van der Waals surface area contributed by atoms with Crippen molar-refractivity contribution < 1.29 is 14.9 Å². The van der Waals surface area contributed by atoms with Gasteiger partial charge < -0.3 is 19.5 Å². The van der Waals surface area contributed by atoms with E-state index in [4.69, 9.17) is 16.3 Å². The number of hydrogen-bond acceptors (Lipinski definition) is 5. The van der Waals surface area contributed by atoms with Crippen LogP contribution in [-0.2, 0) is 0 Å². The molecule has 0 atom stereocenters. The highest BCUT2D eigenvalue weighted by Gasteiger charge is 2.19. The van der Waals surface area contributed by atoms with Gasteiger partial charge in [0.25, 0.3) is 0 Å². The van der Waals surface area contributed by atoms with E-state index in [0.29, 0.717) is 21.9 Å². The molecule has 0 saturated heterocycles. The van der Waals surface area contributed by atoms with Crippen molar-refractivity contribution in [2.75, 3.05) is 13.2 Å². The first-order valence-corrected chi connectivity index (χ1v) is 9.15. The van der Waals surface area contributed by atoms with Gasteiger partial charge in [-0.25, -0.2) is 9.97 Å². The molecule has 2 heterocycles. The fourth-order valence-electron chi connectivity index (χ4n) is 3.11. The van der Waals surface area contributed by atoms with Gasteiger partial charge in [-0.1, -0.05) is 41.9 Å². The molecular weight excluding hydrogens is 378 g/mol. The van der Waals surface area contributed by atoms with Gasteiger partial charge in [-0.15, -0.1) is 0 Å². The van der Waals surface area contributed by atoms with E-state index < -0.39 is 6.04 Å². The summed E-state index contributed by atoms with van der Waals surface area (Å²) in [6.07, 6.45) is 3.20. The quantitative estimate of drug-likeness (QED) is 0.481. The van der Waals surface area contributed by atoms with Crippen molar-refractivity contribution >= 4 is 22.6 Å². The van der Waals surface area contributed by atoms with Crippen LogP contribution in [0, 0.1) is 0 Å². The van der Waals surface area contributed by atoms with Crippen LogP contribution in [0.3, 0.4) is 0 Å². The Morgan fingerprint density at radius 3 is 2.29 bits per heavy atom. The number of halogens is 1. The van der Waals surface area contributed by atoms with Gasteiger partial charge in [-0.2, -0.15) is 0 Å². The molecule has 4 rings (SSSR count). The van der Waals surface area contributed by atoms with Gasteiger partial charge in [0, 0.05) is 11.8 Å². The van der Waals surface area contributed by atoms with E-state index in [1.807, 2.05) is 60.8 Å². The molecule has 142 valence electrons. The first-order valence-electron chi connectivity index (χ1n) is 8.77. The SMILES string of the molecule is OCC(CO)n1cc(-c2ccc(Oc3ccccc3)cc2)c2c(Cl)ncnc21. The van der Waals surface area contributed by atoms with Crippen molar-refractivity contribution in [1.29, 1.82) is 0 Å². The summed E-state index contributed by atoms with van der Waals surface area (Å²) in [5.41, 5.74) is 2.28. The molecular formula is C21H18ClN3O3. The lowest BCUT2D eigenvalue weighted by molar-refractivity contribution is 0.157. The normalized spacial score (nSPS) is 11.3. The van der Waals surface area contributed by atoms with Gasteiger partial charge >= 0.3 is 0 Å². The first kappa shape index (κ1) is 18.4. The van der Waals surface area contributed by atoms with Crippen LogP contribution in [0.5, 0.6) is 11.5 Å². The minimum Gasteiger partial charge on any atom is -0.457 e. The molecule has 4 aromatic rings. The van der Waals surface area contributed by atoms with Crippen LogP contribution < -0.4 is 4.74 Å². The van der Waals surface area contributed by atoms with E-state index in [-0.39, 0.29) is 13.2 Å². The molecule has 2 aromatic heterocycles. The summed E-state index contributed by atoms with van der Waals surface area (Å²) in [5, 5.41) is 20.2. The molecule has 0 aliphatic carbocycles. The number of aromatic nitrogens is 3. The second kappa shape index (κ2) is 7.98. The van der Waals surface area contributed by atoms with Crippen LogP contribution in [0.1, 0.15) is 6.04 Å². The largest absolute Gasteiger partial charge is 0.457 e. The van der Waals surface area contributed by atoms with Crippen LogP contribution in [-0.4, -0.2) is 38.0 Å². The van der Waals surface area contributed by atoms with Crippen molar-refractivity contribution in [3.05, 3.63) is 72.3 Å². The maximum Gasteiger partial charge on any atom is 0.145 e. The average Bonchev–Trinajstić information content (AvgIpc) is 3.11. The zero-order valence-electron chi connectivity index (χ0n) is 14.9. The number of hydrogen-bond donors (Lipinski definition) is 2. The van der Waals surface area contributed by atoms with E-state index in [1.54, 1.807) is 4.57 Å². The Bertz CT molecular complexity index is 1080. The van der Waals surface area contributed by atoms with E-state index in [1.165, 1.54) is 6.33 Å². The topological polar surface area (TPSA) is 80.4 Å². The molecule has 0 spiro atoms. The van der Waals surface area contributed by atoms with Gasteiger partial charge in [0.1, 0.15) is 28.6 Å². The maximum absolute atomic E-state index is 9.59. The smallest absolute Gasteiger partial charge is 0.145 e. The van der Waals surface area contributed by atoms with E-state index in [0.717, 1.165) is 16.9 Å². The Hall–Kier alpha value is -2.93. The highest BCUT2D eigenvalue weighted by molar-refractivity contribution is 6.35. The van der Waals surface area contributed by atoms with Gasteiger partial charge in [0.05, 0.1) is 24.6 Å². The van der Waals surface area contributed by atoms with Gasteiger partial charge in [0.2, 0.25) is 0 Å². The third-order valence-electron chi connectivity index (χ3n) is 4.52. The molecule has 7 heteroatoms. The van der Waals surface area contributed by atoms with Crippen molar-refractivity contribution in [3.8, 4) is 22.6 Å². The molecule has 0 unspecified atom stereocenters. The number of aliphatic hydroxyl groups is 2. The predicted molar refractivity (Wildman–Crippen MR) is 108 cm³/mol. The van der Waals surface area contributed by atoms with Crippen molar-refractivity contribution in [2.24, 2.45) is 0 Å². The fraction of sp³-hybridized carbons (Fsp3) is 0.143. The zero-order chi connectivity index (χ0) is 19.5. The Labute approximate surface area is 166 Å². The minimum atomic E-state index is -0.511. The lowest BCUT2D eigenvalue weighted by Crippen LogP contribution is -2.16. The van der Waals surface area contributed by atoms with E-state index in [9.17, 15) is 10.2 Å². The molecule has 0 aliphatic heterocycles. The molecule has 0 saturated carbocycles. The average molecular weight is 396 g/mol. The summed E-state index contributed by atoms with van der Waals surface area (Å²) in [4.78, 5) is 8.38. The summed E-state index contributed by atoms with van der Waals surface area (Å²) < 4.78 is 7.57. The summed E-state index contributed by atoms with van der Waals surface area (Å²) in [6, 6.07) is 16.6. The lowest BCUT2D eigenvalue weighted by Gasteiger charge is -2.13. The first-order chi connectivity index (χ1) is 13.7. The molecule has 0 aliphatic rings. The number of nitrogens with zero attached hydrogens (tertiary/aromatic N) is 3. The Balaban J connectivity index is 1.74. The zero-order valence-corrected chi connectivity index (χ0v) is 15.6. The number of benzene rings is 2. The number of rotatable bonds is 6. The molecule has 0 fully saturated rings. The van der Waals surface area contributed by atoms with Crippen molar-refractivity contribution in [3.63, 3.8) is 0 Å². The molecule has 28 heavy (non-hydrogen) atoms. The van der Waals surface area contributed by atoms with E-state index >= 15 is 0 Å². The van der Waals surface area contributed by atoms with Crippen molar-refractivity contribution in [1.82, 2.24) is 14.5 Å². The van der Waals surface area contributed by atoms with Crippen LogP contribution in [0.25, 0.3) is 22.2 Å². The molecule has 0 bridgehead atoms. The second-order valence-electron chi connectivity index (χ2n) is 6.27. The van der Waals surface area contributed by atoms with Crippen molar-refractivity contribution in [2.45, 2.75) is 6.04 Å². The Morgan fingerprint density at radius 1 is 0.929 bits per heavy atom. The third-order valence-corrected chi connectivity index (χ3v) is 4.81.